The minimum atomic E-state index is -0.218. The quantitative estimate of drug-likeness (QED) is 0.352. The van der Waals surface area contributed by atoms with Gasteiger partial charge in [-0.3, -0.25) is 9.59 Å². The number of hydrogen-bond donors (Lipinski definition) is 1. The van der Waals surface area contributed by atoms with E-state index in [-0.39, 0.29) is 18.0 Å². The highest BCUT2D eigenvalue weighted by atomic mass is 35.5. The molecule has 6 heteroatoms. The summed E-state index contributed by atoms with van der Waals surface area (Å²) < 4.78 is 5.60. The zero-order valence-electron chi connectivity index (χ0n) is 19.3. The lowest BCUT2D eigenvalue weighted by atomic mass is 10.0. The summed E-state index contributed by atoms with van der Waals surface area (Å²) in [5.41, 5.74) is 3.76. The summed E-state index contributed by atoms with van der Waals surface area (Å²) in [4.78, 5) is 31.0. The van der Waals surface area contributed by atoms with Crippen LogP contribution < -0.4 is 10.3 Å². The third-order valence-electron chi connectivity index (χ3n) is 5.87. The Morgan fingerprint density at radius 1 is 1.00 bits per heavy atom. The smallest absolute Gasteiger partial charge is 0.255 e. The van der Waals surface area contributed by atoms with Crippen LogP contribution in [0.4, 0.5) is 0 Å². The monoisotopic (exact) mass is 474 g/mol. The van der Waals surface area contributed by atoms with Crippen LogP contribution in [0.2, 0.25) is 5.02 Å². The van der Waals surface area contributed by atoms with E-state index < -0.39 is 0 Å². The van der Waals surface area contributed by atoms with Crippen molar-refractivity contribution in [1.82, 2.24) is 9.88 Å². The van der Waals surface area contributed by atoms with E-state index in [4.69, 9.17) is 16.3 Å². The topological polar surface area (TPSA) is 62.4 Å². The summed E-state index contributed by atoms with van der Waals surface area (Å²) in [7, 11) is 0. The van der Waals surface area contributed by atoms with Crippen molar-refractivity contribution in [1.29, 1.82) is 0 Å². The molecular weight excluding hydrogens is 448 g/mol. The minimum absolute atomic E-state index is 0.167. The number of aryl methyl sites for hydroxylation is 1. The molecule has 4 rings (SSSR count). The summed E-state index contributed by atoms with van der Waals surface area (Å²) >= 11 is 6.34. The van der Waals surface area contributed by atoms with Crippen molar-refractivity contribution < 1.29 is 9.53 Å². The number of nitrogens with zero attached hydrogens (tertiary/aromatic N) is 1. The molecule has 0 saturated carbocycles. The number of hydrogen-bond acceptors (Lipinski definition) is 3. The van der Waals surface area contributed by atoms with Crippen molar-refractivity contribution in [3.05, 3.63) is 110 Å². The molecule has 1 N–H and O–H groups in total. The number of carbonyl (C=O) groups excluding carboxylic acids is 1. The van der Waals surface area contributed by atoms with Crippen LogP contribution >= 0.6 is 11.6 Å². The molecule has 4 aromatic rings. The Hall–Kier alpha value is -3.57. The normalized spacial score (nSPS) is 10.9. The molecule has 0 atom stereocenters. The molecule has 1 amide bonds. The Bertz CT molecular complexity index is 1380. The third kappa shape index (κ3) is 5.32. The molecule has 0 unspecified atom stereocenters. The van der Waals surface area contributed by atoms with Crippen molar-refractivity contribution in [3.63, 3.8) is 0 Å². The van der Waals surface area contributed by atoms with Gasteiger partial charge in [-0.15, -0.1) is 0 Å². The SMILES string of the molecule is CCOc1ccc2[nH]c(=O)c(CN(CCc3ccccc3C)C(=O)c3ccccc3Cl)cc2c1. The van der Waals surface area contributed by atoms with Gasteiger partial charge >= 0.3 is 0 Å². The van der Waals surface area contributed by atoms with Gasteiger partial charge in [0.25, 0.3) is 11.5 Å². The van der Waals surface area contributed by atoms with Crippen LogP contribution in [0, 0.1) is 6.92 Å². The van der Waals surface area contributed by atoms with Crippen LogP contribution in [0.1, 0.15) is 34.0 Å². The Kier molecular flexibility index (Phi) is 7.33. The highest BCUT2D eigenvalue weighted by Gasteiger charge is 2.20. The van der Waals surface area contributed by atoms with Gasteiger partial charge in [0.05, 0.1) is 23.7 Å². The van der Waals surface area contributed by atoms with E-state index in [1.165, 1.54) is 5.56 Å². The van der Waals surface area contributed by atoms with Crippen molar-refractivity contribution in [2.75, 3.05) is 13.2 Å². The van der Waals surface area contributed by atoms with E-state index in [9.17, 15) is 9.59 Å². The van der Waals surface area contributed by atoms with Gasteiger partial charge in [0.2, 0.25) is 0 Å². The number of aromatic nitrogens is 1. The maximum absolute atomic E-state index is 13.5. The standard InChI is InChI=1S/C28H27ClN2O3/c1-3-34-23-12-13-26-21(17-23)16-22(27(32)30-26)18-31(15-14-20-9-5-4-8-19(20)2)28(33)24-10-6-7-11-25(24)29/h4-13,16-17H,3,14-15,18H2,1-2H3,(H,30,32). The maximum Gasteiger partial charge on any atom is 0.255 e. The second kappa shape index (κ2) is 10.6. The number of ether oxygens (including phenoxy) is 1. The van der Waals surface area contributed by atoms with Crippen LogP contribution in [0.15, 0.2) is 77.6 Å². The number of nitrogens with one attached hydrogen (secondary N) is 1. The first-order valence-corrected chi connectivity index (χ1v) is 11.7. The van der Waals surface area contributed by atoms with E-state index in [0.29, 0.717) is 35.7 Å². The first-order valence-electron chi connectivity index (χ1n) is 11.3. The molecule has 3 aromatic carbocycles. The summed E-state index contributed by atoms with van der Waals surface area (Å²) in [5.74, 6) is 0.526. The number of halogens is 1. The summed E-state index contributed by atoms with van der Waals surface area (Å²) in [6.45, 7) is 5.15. The Labute approximate surface area is 204 Å². The van der Waals surface area contributed by atoms with Gasteiger partial charge in [0.1, 0.15) is 5.75 Å². The molecule has 1 heterocycles. The average molecular weight is 475 g/mol. The molecule has 0 aliphatic carbocycles. The van der Waals surface area contributed by atoms with Gasteiger partial charge in [-0.25, -0.2) is 0 Å². The second-order valence-corrected chi connectivity index (χ2v) is 8.60. The number of aromatic amines is 1. The molecule has 0 spiro atoms. The minimum Gasteiger partial charge on any atom is -0.494 e. The van der Waals surface area contributed by atoms with E-state index in [2.05, 4.69) is 24.0 Å². The molecular formula is C28H27ClN2O3. The van der Waals surface area contributed by atoms with Gasteiger partial charge in [-0.2, -0.15) is 0 Å². The van der Waals surface area contributed by atoms with Crippen molar-refractivity contribution in [3.8, 4) is 5.75 Å². The lowest BCUT2D eigenvalue weighted by Crippen LogP contribution is -2.34. The van der Waals surface area contributed by atoms with Crippen LogP contribution in [0.5, 0.6) is 5.75 Å². The highest BCUT2D eigenvalue weighted by Crippen LogP contribution is 2.22. The van der Waals surface area contributed by atoms with Gasteiger partial charge in [-0.05, 0) is 67.8 Å². The van der Waals surface area contributed by atoms with Crippen molar-refractivity contribution in [2.24, 2.45) is 0 Å². The predicted octanol–water partition coefficient (Wildman–Crippen LogP) is 5.77. The first kappa shape index (κ1) is 23.6. The van der Waals surface area contributed by atoms with Gasteiger partial charge in [0.15, 0.2) is 0 Å². The molecule has 34 heavy (non-hydrogen) atoms. The first-order chi connectivity index (χ1) is 16.5. The predicted molar refractivity (Wildman–Crippen MR) is 137 cm³/mol. The number of benzene rings is 3. The number of amides is 1. The lowest BCUT2D eigenvalue weighted by Gasteiger charge is -2.24. The average Bonchev–Trinajstić information content (AvgIpc) is 2.83. The molecule has 1 aromatic heterocycles. The van der Waals surface area contributed by atoms with E-state index >= 15 is 0 Å². The lowest BCUT2D eigenvalue weighted by molar-refractivity contribution is 0.0744. The van der Waals surface area contributed by atoms with E-state index in [1.807, 2.05) is 43.3 Å². The van der Waals surface area contributed by atoms with E-state index in [1.54, 1.807) is 29.2 Å². The number of H-pyrrole nitrogens is 1. The van der Waals surface area contributed by atoms with Gasteiger partial charge in [0, 0.05) is 23.0 Å². The van der Waals surface area contributed by atoms with Crippen LogP contribution in [-0.2, 0) is 13.0 Å². The molecule has 0 saturated heterocycles. The van der Waals surface area contributed by atoms with Crippen LogP contribution in [-0.4, -0.2) is 28.9 Å². The molecule has 0 fully saturated rings. The summed E-state index contributed by atoms with van der Waals surface area (Å²) in [6, 6.07) is 22.5. The van der Waals surface area contributed by atoms with Crippen molar-refractivity contribution in [2.45, 2.75) is 26.8 Å². The number of pyridine rings is 1. The molecule has 0 bridgehead atoms. The molecule has 0 aliphatic heterocycles. The number of rotatable bonds is 8. The van der Waals surface area contributed by atoms with Crippen LogP contribution in [0.3, 0.4) is 0 Å². The van der Waals surface area contributed by atoms with Crippen molar-refractivity contribution >= 4 is 28.4 Å². The number of fused-ring (bicyclic) bond motifs is 1. The maximum atomic E-state index is 13.5. The van der Waals surface area contributed by atoms with Gasteiger partial charge in [-0.1, -0.05) is 48.0 Å². The Morgan fingerprint density at radius 3 is 2.53 bits per heavy atom. The molecule has 174 valence electrons. The second-order valence-electron chi connectivity index (χ2n) is 8.19. The zero-order valence-corrected chi connectivity index (χ0v) is 20.1. The fourth-order valence-corrected chi connectivity index (χ4v) is 4.23. The highest BCUT2D eigenvalue weighted by molar-refractivity contribution is 6.33. The van der Waals surface area contributed by atoms with E-state index in [0.717, 1.165) is 22.2 Å². The molecule has 0 radical (unpaired) electrons. The largest absolute Gasteiger partial charge is 0.494 e. The molecule has 0 aliphatic rings. The van der Waals surface area contributed by atoms with Gasteiger partial charge < -0.3 is 14.6 Å². The Balaban J connectivity index is 1.68. The zero-order chi connectivity index (χ0) is 24.1. The summed E-state index contributed by atoms with van der Waals surface area (Å²) in [6.07, 6.45) is 0.669. The number of carbonyl (C=O) groups is 1. The fraction of sp³-hybridized carbons (Fsp3) is 0.214. The molecule has 5 nitrogen and oxygen atoms in total. The fourth-order valence-electron chi connectivity index (χ4n) is 4.01. The summed E-state index contributed by atoms with van der Waals surface area (Å²) in [5, 5.41) is 1.24. The Morgan fingerprint density at radius 2 is 1.76 bits per heavy atom. The third-order valence-corrected chi connectivity index (χ3v) is 6.20. The van der Waals surface area contributed by atoms with Crippen LogP contribution in [0.25, 0.3) is 10.9 Å².